The Morgan fingerprint density at radius 3 is 2.11 bits per heavy atom. The Balaban J connectivity index is 2.02. The molecular formula is C22H30N3O2+. The molecular weight excluding hydrogens is 338 g/mol. The van der Waals surface area contributed by atoms with Gasteiger partial charge in [0.05, 0.1) is 6.54 Å². The molecule has 0 aliphatic carbocycles. The van der Waals surface area contributed by atoms with E-state index < -0.39 is 0 Å². The van der Waals surface area contributed by atoms with Gasteiger partial charge in [-0.1, -0.05) is 48.5 Å². The Labute approximate surface area is 161 Å². The molecule has 2 aromatic carbocycles. The van der Waals surface area contributed by atoms with Crippen LogP contribution in [0.5, 0.6) is 0 Å². The highest BCUT2D eigenvalue weighted by Crippen LogP contribution is 2.27. The Morgan fingerprint density at radius 2 is 1.48 bits per heavy atom. The standard InChI is InChI=1S/C22H29N3O2/c1-5-25(16-21(27)24-22(2,3)4)15-20(26)23-19-14-10-9-13-18(19)17-11-7-6-8-12-17/h6-14H,5,15-16H2,1-4H3,(H,23,26)(H,24,27)/p+1. The van der Waals surface area contributed by atoms with Gasteiger partial charge >= 0.3 is 0 Å². The number of nitrogens with one attached hydrogen (secondary N) is 3. The quantitative estimate of drug-likeness (QED) is 0.701. The monoisotopic (exact) mass is 368 g/mol. The second-order valence-electron chi connectivity index (χ2n) is 7.72. The van der Waals surface area contributed by atoms with E-state index in [1.807, 2.05) is 82.3 Å². The van der Waals surface area contributed by atoms with Gasteiger partial charge < -0.3 is 15.5 Å². The fraction of sp³-hybridized carbons (Fsp3) is 0.364. The Hall–Kier alpha value is -2.66. The fourth-order valence-electron chi connectivity index (χ4n) is 2.89. The van der Waals surface area contributed by atoms with Crippen LogP contribution in [-0.2, 0) is 9.59 Å². The molecule has 0 bridgehead atoms. The summed E-state index contributed by atoms with van der Waals surface area (Å²) in [5.74, 6) is -0.143. The zero-order valence-electron chi connectivity index (χ0n) is 16.6. The normalized spacial score (nSPS) is 12.3. The molecule has 3 N–H and O–H groups in total. The van der Waals surface area contributed by atoms with Gasteiger partial charge in [0.2, 0.25) is 0 Å². The molecule has 0 saturated carbocycles. The first-order chi connectivity index (χ1) is 12.8. The summed E-state index contributed by atoms with van der Waals surface area (Å²) in [4.78, 5) is 25.6. The molecule has 144 valence electrons. The third kappa shape index (κ3) is 6.87. The number of hydrogen-bond acceptors (Lipinski definition) is 2. The van der Waals surface area contributed by atoms with Crippen molar-refractivity contribution in [3.05, 3.63) is 54.6 Å². The van der Waals surface area contributed by atoms with Crippen LogP contribution in [-0.4, -0.2) is 37.0 Å². The molecule has 5 heteroatoms. The number of carbonyl (C=O) groups is 2. The second kappa shape index (κ2) is 9.33. The van der Waals surface area contributed by atoms with E-state index in [2.05, 4.69) is 10.6 Å². The summed E-state index contributed by atoms with van der Waals surface area (Å²) in [7, 11) is 0. The summed E-state index contributed by atoms with van der Waals surface area (Å²) >= 11 is 0. The molecule has 27 heavy (non-hydrogen) atoms. The molecule has 1 unspecified atom stereocenters. The lowest BCUT2D eigenvalue weighted by molar-refractivity contribution is -0.881. The van der Waals surface area contributed by atoms with Crippen molar-refractivity contribution in [2.24, 2.45) is 0 Å². The fourth-order valence-corrected chi connectivity index (χ4v) is 2.89. The number of likely N-dealkylation sites (N-methyl/N-ethyl adjacent to an activating group) is 1. The van der Waals surface area contributed by atoms with Gasteiger partial charge in [-0.05, 0) is 39.3 Å². The van der Waals surface area contributed by atoms with E-state index in [4.69, 9.17) is 0 Å². The molecule has 0 radical (unpaired) electrons. The Kier molecular flexibility index (Phi) is 7.13. The van der Waals surface area contributed by atoms with Crippen molar-refractivity contribution in [3.63, 3.8) is 0 Å². The predicted molar refractivity (Wildman–Crippen MR) is 110 cm³/mol. The van der Waals surface area contributed by atoms with Gasteiger partial charge in [0.1, 0.15) is 0 Å². The van der Waals surface area contributed by atoms with Crippen molar-refractivity contribution in [3.8, 4) is 11.1 Å². The first kappa shape index (κ1) is 20.6. The smallest absolute Gasteiger partial charge is 0.279 e. The number of amides is 2. The van der Waals surface area contributed by atoms with Crippen LogP contribution in [0.25, 0.3) is 11.1 Å². The van der Waals surface area contributed by atoms with Crippen molar-refractivity contribution >= 4 is 17.5 Å². The summed E-state index contributed by atoms with van der Waals surface area (Å²) in [6, 6.07) is 17.7. The third-order valence-corrected chi connectivity index (χ3v) is 4.12. The van der Waals surface area contributed by atoms with Gasteiger partial charge in [0.25, 0.3) is 11.8 Å². The third-order valence-electron chi connectivity index (χ3n) is 4.12. The summed E-state index contributed by atoms with van der Waals surface area (Å²) in [5, 5.41) is 5.95. The van der Waals surface area contributed by atoms with Crippen LogP contribution in [0.15, 0.2) is 54.6 Å². The molecule has 2 amide bonds. The molecule has 0 aliphatic rings. The zero-order chi connectivity index (χ0) is 19.9. The number of anilines is 1. The lowest BCUT2D eigenvalue weighted by Crippen LogP contribution is -3.14. The summed E-state index contributed by atoms with van der Waals surface area (Å²) in [6.07, 6.45) is 0. The molecule has 0 aromatic heterocycles. The molecule has 1 atom stereocenters. The Bertz CT molecular complexity index is 767. The highest BCUT2D eigenvalue weighted by atomic mass is 16.2. The maximum Gasteiger partial charge on any atom is 0.279 e. The summed E-state index contributed by atoms with van der Waals surface area (Å²) in [6.45, 7) is 9.05. The number of hydrogen-bond donors (Lipinski definition) is 3. The van der Waals surface area contributed by atoms with Crippen molar-refractivity contribution in [1.82, 2.24) is 5.32 Å². The average molecular weight is 369 g/mol. The first-order valence-corrected chi connectivity index (χ1v) is 9.37. The molecule has 0 aliphatic heterocycles. The zero-order valence-corrected chi connectivity index (χ0v) is 16.6. The lowest BCUT2D eigenvalue weighted by atomic mass is 10.0. The van der Waals surface area contributed by atoms with Crippen molar-refractivity contribution in [2.45, 2.75) is 33.2 Å². The average Bonchev–Trinajstić information content (AvgIpc) is 2.60. The van der Waals surface area contributed by atoms with E-state index in [0.29, 0.717) is 6.54 Å². The minimum atomic E-state index is -0.271. The van der Waals surface area contributed by atoms with Gasteiger partial charge in [-0.2, -0.15) is 0 Å². The van der Waals surface area contributed by atoms with Crippen LogP contribution >= 0.6 is 0 Å². The van der Waals surface area contributed by atoms with E-state index >= 15 is 0 Å². The van der Waals surface area contributed by atoms with E-state index in [9.17, 15) is 9.59 Å². The van der Waals surface area contributed by atoms with Crippen LogP contribution in [0.3, 0.4) is 0 Å². The molecule has 0 spiro atoms. The minimum Gasteiger partial charge on any atom is -0.347 e. The SMILES string of the molecule is CC[NH+](CC(=O)Nc1ccccc1-c1ccccc1)CC(=O)NC(C)(C)C. The maximum atomic E-state index is 12.6. The van der Waals surface area contributed by atoms with Crippen LogP contribution in [0.4, 0.5) is 5.69 Å². The van der Waals surface area contributed by atoms with Crippen molar-refractivity contribution < 1.29 is 14.5 Å². The van der Waals surface area contributed by atoms with Crippen molar-refractivity contribution in [2.75, 3.05) is 25.0 Å². The highest BCUT2D eigenvalue weighted by Gasteiger charge is 2.20. The van der Waals surface area contributed by atoms with E-state index in [1.54, 1.807) is 0 Å². The van der Waals surface area contributed by atoms with E-state index in [0.717, 1.165) is 21.7 Å². The number of carbonyl (C=O) groups excluding carboxylic acids is 2. The van der Waals surface area contributed by atoms with Crippen LogP contribution in [0.2, 0.25) is 0 Å². The van der Waals surface area contributed by atoms with Gasteiger partial charge in [-0.3, -0.25) is 9.59 Å². The summed E-state index contributed by atoms with van der Waals surface area (Å²) in [5.41, 5.74) is 2.54. The number of benzene rings is 2. The molecule has 0 saturated heterocycles. The second-order valence-corrected chi connectivity index (χ2v) is 7.72. The first-order valence-electron chi connectivity index (χ1n) is 9.37. The number of quaternary nitrogens is 1. The molecule has 2 aromatic rings. The summed E-state index contributed by atoms with van der Waals surface area (Å²) < 4.78 is 0. The van der Waals surface area contributed by atoms with E-state index in [1.165, 1.54) is 0 Å². The van der Waals surface area contributed by atoms with Gasteiger partial charge in [0, 0.05) is 16.8 Å². The topological polar surface area (TPSA) is 62.6 Å². The van der Waals surface area contributed by atoms with E-state index in [-0.39, 0.29) is 30.4 Å². The Morgan fingerprint density at radius 1 is 0.889 bits per heavy atom. The van der Waals surface area contributed by atoms with Crippen LogP contribution < -0.4 is 15.5 Å². The van der Waals surface area contributed by atoms with Crippen LogP contribution in [0, 0.1) is 0 Å². The van der Waals surface area contributed by atoms with Gasteiger partial charge in [-0.15, -0.1) is 0 Å². The van der Waals surface area contributed by atoms with Crippen LogP contribution in [0.1, 0.15) is 27.7 Å². The molecule has 5 nitrogen and oxygen atoms in total. The number of para-hydroxylation sites is 1. The molecule has 0 heterocycles. The largest absolute Gasteiger partial charge is 0.347 e. The highest BCUT2D eigenvalue weighted by molar-refractivity contribution is 5.96. The maximum absolute atomic E-state index is 12.6. The minimum absolute atomic E-state index is 0.0446. The van der Waals surface area contributed by atoms with Crippen molar-refractivity contribution in [1.29, 1.82) is 0 Å². The van der Waals surface area contributed by atoms with Gasteiger partial charge in [-0.25, -0.2) is 0 Å². The lowest BCUT2D eigenvalue weighted by Gasteiger charge is -2.23. The predicted octanol–water partition coefficient (Wildman–Crippen LogP) is 2.11. The molecule has 2 rings (SSSR count). The number of rotatable bonds is 7. The molecule has 0 fully saturated rings. The van der Waals surface area contributed by atoms with Gasteiger partial charge in [0.15, 0.2) is 13.1 Å².